The molecule has 0 aliphatic rings. The van der Waals surface area contributed by atoms with Crippen LogP contribution in [0.4, 0.5) is 8.78 Å². The monoisotopic (exact) mass is 423 g/mol. The van der Waals surface area contributed by atoms with Crippen LogP contribution >= 0.6 is 43.2 Å². The third-order valence-electron chi connectivity index (χ3n) is 2.88. The van der Waals surface area contributed by atoms with Gasteiger partial charge in [0.1, 0.15) is 0 Å². The molecule has 0 saturated carbocycles. The Balaban J connectivity index is 2.47. The number of thiophene rings is 1. The van der Waals surface area contributed by atoms with Crippen LogP contribution in [0, 0.1) is 11.6 Å². The van der Waals surface area contributed by atoms with E-state index in [4.69, 9.17) is 0 Å². The van der Waals surface area contributed by atoms with Crippen LogP contribution in [0.5, 0.6) is 0 Å². The third kappa shape index (κ3) is 3.47. The van der Waals surface area contributed by atoms with Gasteiger partial charge in [-0.1, -0.05) is 19.1 Å². The number of hydrogen-bond acceptors (Lipinski definition) is 2. The Labute approximate surface area is 137 Å². The lowest BCUT2D eigenvalue weighted by molar-refractivity contribution is 0.480. The molecule has 1 unspecified atom stereocenters. The first-order chi connectivity index (χ1) is 9.54. The van der Waals surface area contributed by atoms with Gasteiger partial charge in [-0.15, -0.1) is 11.3 Å². The van der Waals surface area contributed by atoms with Crippen LogP contribution in [0.25, 0.3) is 0 Å². The van der Waals surface area contributed by atoms with Crippen LogP contribution in [-0.4, -0.2) is 6.54 Å². The third-order valence-corrected chi connectivity index (χ3v) is 5.27. The van der Waals surface area contributed by atoms with Crippen molar-refractivity contribution in [2.24, 2.45) is 0 Å². The van der Waals surface area contributed by atoms with E-state index in [1.54, 1.807) is 6.07 Å². The van der Waals surface area contributed by atoms with E-state index in [0.717, 1.165) is 32.2 Å². The van der Waals surface area contributed by atoms with Gasteiger partial charge in [-0.25, -0.2) is 8.78 Å². The van der Waals surface area contributed by atoms with Crippen molar-refractivity contribution in [1.82, 2.24) is 5.32 Å². The first kappa shape index (κ1) is 16.1. The summed E-state index contributed by atoms with van der Waals surface area (Å²) >= 11 is 8.41. The molecule has 0 fully saturated rings. The summed E-state index contributed by atoms with van der Waals surface area (Å²) in [5, 5.41) is 3.27. The van der Waals surface area contributed by atoms with Crippen LogP contribution in [0.3, 0.4) is 0 Å². The van der Waals surface area contributed by atoms with E-state index in [1.807, 2.05) is 13.0 Å². The zero-order valence-electron chi connectivity index (χ0n) is 10.7. The van der Waals surface area contributed by atoms with Gasteiger partial charge in [0.2, 0.25) is 0 Å². The van der Waals surface area contributed by atoms with Crippen molar-refractivity contribution >= 4 is 43.2 Å². The normalized spacial score (nSPS) is 12.7. The zero-order chi connectivity index (χ0) is 14.7. The maximum Gasteiger partial charge on any atom is 0.163 e. The summed E-state index contributed by atoms with van der Waals surface area (Å²) in [6.45, 7) is 2.76. The standard InChI is InChI=1S/C14H13Br2F2NS/c1-2-6-19-13(9-7-11(15)20-14(9)16)8-4-3-5-10(17)12(8)18/h3-5,7,13,19H,2,6H2,1H3. The Morgan fingerprint density at radius 1 is 1.25 bits per heavy atom. The predicted octanol–water partition coefficient (Wildman–Crippen LogP) is 5.64. The van der Waals surface area contributed by atoms with Crippen LogP contribution < -0.4 is 5.32 Å². The van der Waals surface area contributed by atoms with Gasteiger partial charge < -0.3 is 5.32 Å². The van der Waals surface area contributed by atoms with Crippen molar-refractivity contribution in [3.63, 3.8) is 0 Å². The minimum Gasteiger partial charge on any atom is -0.306 e. The lowest BCUT2D eigenvalue weighted by atomic mass is 10.0. The first-order valence-electron chi connectivity index (χ1n) is 6.16. The van der Waals surface area contributed by atoms with Crippen molar-refractivity contribution in [3.8, 4) is 0 Å². The molecule has 1 aromatic carbocycles. The van der Waals surface area contributed by atoms with Gasteiger partial charge in [0.05, 0.1) is 13.6 Å². The average Bonchev–Trinajstić information content (AvgIpc) is 2.74. The molecule has 0 bridgehead atoms. The van der Waals surface area contributed by atoms with Crippen LogP contribution in [0.1, 0.15) is 30.5 Å². The summed E-state index contributed by atoms with van der Waals surface area (Å²) < 4.78 is 29.4. The maximum absolute atomic E-state index is 14.1. The molecule has 1 nitrogen and oxygen atoms in total. The Bertz CT molecular complexity index is 601. The summed E-state index contributed by atoms with van der Waals surface area (Å²) in [5.41, 5.74) is 1.23. The van der Waals surface area contributed by atoms with Crippen molar-refractivity contribution in [2.45, 2.75) is 19.4 Å². The second-order valence-electron chi connectivity index (χ2n) is 4.31. The highest BCUT2D eigenvalue weighted by Crippen LogP contribution is 2.38. The van der Waals surface area contributed by atoms with Gasteiger partial charge >= 0.3 is 0 Å². The van der Waals surface area contributed by atoms with Gasteiger partial charge in [-0.05, 0) is 62.5 Å². The lowest BCUT2D eigenvalue weighted by Gasteiger charge is -2.19. The fourth-order valence-corrected chi connectivity index (χ4v) is 4.87. The summed E-state index contributed by atoms with van der Waals surface area (Å²) in [5.74, 6) is -1.62. The summed E-state index contributed by atoms with van der Waals surface area (Å²) in [7, 11) is 0. The Morgan fingerprint density at radius 2 is 2.00 bits per heavy atom. The first-order valence-corrected chi connectivity index (χ1v) is 8.56. The fourth-order valence-electron chi connectivity index (χ4n) is 1.97. The van der Waals surface area contributed by atoms with E-state index in [9.17, 15) is 8.78 Å². The number of nitrogens with one attached hydrogen (secondary N) is 1. The van der Waals surface area contributed by atoms with Crippen LogP contribution in [-0.2, 0) is 0 Å². The molecule has 0 aliphatic carbocycles. The second-order valence-corrected chi connectivity index (χ2v) is 8.06. The van der Waals surface area contributed by atoms with Crippen molar-refractivity contribution in [2.75, 3.05) is 6.54 Å². The van der Waals surface area contributed by atoms with E-state index in [-0.39, 0.29) is 6.04 Å². The molecule has 2 rings (SSSR count). The average molecular weight is 425 g/mol. The van der Waals surface area contributed by atoms with Crippen LogP contribution in [0.2, 0.25) is 0 Å². The van der Waals surface area contributed by atoms with Gasteiger partial charge in [0, 0.05) is 5.56 Å². The molecule has 6 heteroatoms. The van der Waals surface area contributed by atoms with Crippen molar-refractivity contribution < 1.29 is 8.78 Å². The molecule has 1 aromatic heterocycles. The smallest absolute Gasteiger partial charge is 0.163 e. The van der Waals surface area contributed by atoms with E-state index in [2.05, 4.69) is 37.2 Å². The SMILES string of the molecule is CCCNC(c1cc(Br)sc1Br)c1cccc(F)c1F. The fraction of sp³-hybridized carbons (Fsp3) is 0.286. The number of benzene rings is 1. The molecule has 108 valence electrons. The molecule has 0 spiro atoms. The molecule has 0 radical (unpaired) electrons. The quantitative estimate of drug-likeness (QED) is 0.654. The minimum atomic E-state index is -0.823. The Hall–Kier alpha value is -0.300. The second kappa shape index (κ2) is 7.11. The molecule has 1 atom stereocenters. The van der Waals surface area contributed by atoms with E-state index < -0.39 is 11.6 Å². The lowest BCUT2D eigenvalue weighted by Crippen LogP contribution is -2.24. The molecule has 1 heterocycles. The van der Waals surface area contributed by atoms with E-state index in [1.165, 1.54) is 17.4 Å². The summed E-state index contributed by atoms with van der Waals surface area (Å²) in [4.78, 5) is 0. The van der Waals surface area contributed by atoms with Gasteiger partial charge in [0.15, 0.2) is 11.6 Å². The Morgan fingerprint density at radius 3 is 2.60 bits per heavy atom. The highest BCUT2D eigenvalue weighted by atomic mass is 79.9. The maximum atomic E-state index is 14.1. The summed E-state index contributed by atoms with van der Waals surface area (Å²) in [6.07, 6.45) is 0.913. The molecular formula is C14H13Br2F2NS. The minimum absolute atomic E-state index is 0.324. The zero-order valence-corrected chi connectivity index (χ0v) is 14.7. The van der Waals surface area contributed by atoms with Gasteiger partial charge in [0.25, 0.3) is 0 Å². The number of halogens is 4. The molecule has 1 N–H and O–H groups in total. The van der Waals surface area contributed by atoms with E-state index in [0.29, 0.717) is 5.56 Å². The number of rotatable bonds is 5. The Kier molecular flexibility index (Phi) is 5.72. The molecule has 20 heavy (non-hydrogen) atoms. The highest BCUT2D eigenvalue weighted by Gasteiger charge is 2.23. The molecule has 0 saturated heterocycles. The molecule has 0 aliphatic heterocycles. The topological polar surface area (TPSA) is 12.0 Å². The molecule has 2 aromatic rings. The summed E-state index contributed by atoms with van der Waals surface area (Å²) in [6, 6.07) is 5.83. The van der Waals surface area contributed by atoms with E-state index >= 15 is 0 Å². The molecule has 0 amide bonds. The van der Waals surface area contributed by atoms with Gasteiger partial charge in [-0.2, -0.15) is 0 Å². The molecular weight excluding hydrogens is 412 g/mol. The predicted molar refractivity (Wildman–Crippen MR) is 86.2 cm³/mol. The van der Waals surface area contributed by atoms with Gasteiger partial charge in [-0.3, -0.25) is 0 Å². The highest BCUT2D eigenvalue weighted by molar-refractivity contribution is 9.12. The van der Waals surface area contributed by atoms with Crippen molar-refractivity contribution in [1.29, 1.82) is 0 Å². The van der Waals surface area contributed by atoms with Crippen LogP contribution in [0.15, 0.2) is 31.8 Å². The number of hydrogen-bond donors (Lipinski definition) is 1. The largest absolute Gasteiger partial charge is 0.306 e. The van der Waals surface area contributed by atoms with Crippen molar-refractivity contribution in [3.05, 3.63) is 54.6 Å².